The van der Waals surface area contributed by atoms with Crippen LogP contribution in [-0.4, -0.2) is 33.2 Å². The number of hydrogen-bond donors (Lipinski definition) is 0. The number of carbonyl (C=O) groups excluding carboxylic acids is 3. The van der Waals surface area contributed by atoms with E-state index in [0.29, 0.717) is 34.3 Å². The third-order valence-electron chi connectivity index (χ3n) is 11.2. The van der Waals surface area contributed by atoms with Crippen molar-refractivity contribution in [3.63, 3.8) is 0 Å². The van der Waals surface area contributed by atoms with Crippen LogP contribution in [0.4, 0.5) is 17.1 Å². The molecule has 312 valence electrons. The number of aliphatic imine (C=N–C) groups is 3. The summed E-state index contributed by atoms with van der Waals surface area (Å²) in [5, 5.41) is 0. The molecule has 7 rings (SSSR count). The Bertz CT molecular complexity index is 2530. The molecule has 63 heavy (non-hydrogen) atoms. The van der Waals surface area contributed by atoms with E-state index in [0.717, 1.165) is 33.4 Å². The van der Waals surface area contributed by atoms with E-state index in [2.05, 4.69) is 71.5 Å². The molecule has 7 aromatic rings. The topological polar surface area (TPSA) is 155 Å². The number of ether oxygens (including phenoxy) is 3. The predicted molar refractivity (Wildman–Crippen MR) is 238 cm³/mol. The van der Waals surface area contributed by atoms with Gasteiger partial charge in [0.05, 0.1) is 17.1 Å². The minimum absolute atomic E-state index is 0.0476. The Labute approximate surface area is 364 Å². The number of nitrogens with zero attached hydrogens (tertiary/aromatic N) is 6. The summed E-state index contributed by atoms with van der Waals surface area (Å²) in [6.45, 7) is 12.6. The summed E-state index contributed by atoms with van der Waals surface area (Å²) in [7, 11) is 0. The molecule has 1 aromatic heterocycles. The van der Waals surface area contributed by atoms with Crippen molar-refractivity contribution in [3.8, 4) is 35.3 Å². The van der Waals surface area contributed by atoms with Crippen LogP contribution < -0.4 is 14.2 Å². The maximum atomic E-state index is 10.7. The van der Waals surface area contributed by atoms with Crippen LogP contribution in [0.1, 0.15) is 74.9 Å². The van der Waals surface area contributed by atoms with Crippen molar-refractivity contribution in [3.05, 3.63) is 179 Å². The van der Waals surface area contributed by atoms with Crippen molar-refractivity contribution >= 4 is 35.3 Å². The lowest BCUT2D eigenvalue weighted by Gasteiger charge is -2.26. The summed E-state index contributed by atoms with van der Waals surface area (Å²) in [6, 6.07) is 45.0. The molecule has 12 nitrogen and oxygen atoms in total. The Hall–Kier alpha value is -8.13. The summed E-state index contributed by atoms with van der Waals surface area (Å²) in [6.07, 6.45) is 4.72. The SMILES string of the molecule is CC(C)(c1ccc(N=C=O)cc1)c1ccc(Oc2nc(Oc3ccc(C(C)(C)c4ccc(N=C=O)cc4)cc3)nc(Oc3ccc(C(C)(C)c4ccc(N=C=O)cc4)cc3)n2)cc1. The van der Waals surface area contributed by atoms with Crippen molar-refractivity contribution in [2.24, 2.45) is 15.0 Å². The second kappa shape index (κ2) is 18.2. The maximum Gasteiger partial charge on any atom is 0.331 e. The standard InChI is InChI=1S/C51H42N6O6/c1-49(2,34-7-19-40(20-8-34)52-31-58)37-13-25-43(26-14-37)61-46-55-47(62-44-27-15-38(16-28-44)50(3,4)35-9-21-41(22-10-35)53-32-59)57-48(56-46)63-45-29-17-39(18-30-45)51(5,6)36-11-23-42(24-12-36)54-33-60/h7-30H,1-6H3. The smallest absolute Gasteiger partial charge is 0.331 e. The van der Waals surface area contributed by atoms with E-state index >= 15 is 0 Å². The highest BCUT2D eigenvalue weighted by molar-refractivity contribution is 5.54. The largest absolute Gasteiger partial charge is 0.424 e. The van der Waals surface area contributed by atoms with Crippen LogP contribution in [-0.2, 0) is 30.6 Å². The number of benzene rings is 6. The second-order valence-electron chi connectivity index (χ2n) is 16.2. The van der Waals surface area contributed by atoms with Crippen molar-refractivity contribution in [2.75, 3.05) is 0 Å². The van der Waals surface area contributed by atoms with Crippen LogP contribution in [0, 0.1) is 0 Å². The van der Waals surface area contributed by atoms with Gasteiger partial charge in [0.1, 0.15) is 17.2 Å². The average molecular weight is 835 g/mol. The molecule has 0 amide bonds. The van der Waals surface area contributed by atoms with Crippen LogP contribution in [0.5, 0.6) is 35.3 Å². The molecule has 0 aliphatic carbocycles. The van der Waals surface area contributed by atoms with E-state index in [9.17, 15) is 14.4 Å². The first-order valence-electron chi connectivity index (χ1n) is 19.9. The number of aromatic nitrogens is 3. The van der Waals surface area contributed by atoms with Crippen molar-refractivity contribution in [2.45, 2.75) is 57.8 Å². The number of isocyanates is 3. The second-order valence-corrected chi connectivity index (χ2v) is 16.2. The van der Waals surface area contributed by atoms with Gasteiger partial charge in [-0.1, -0.05) is 114 Å². The third kappa shape index (κ3) is 9.92. The fraction of sp³-hybridized carbons (Fsp3) is 0.176. The monoisotopic (exact) mass is 834 g/mol. The Kier molecular flexibility index (Phi) is 12.4. The van der Waals surface area contributed by atoms with Crippen molar-refractivity contribution in [1.82, 2.24) is 15.0 Å². The molecule has 6 aromatic carbocycles. The van der Waals surface area contributed by atoms with Gasteiger partial charge in [-0.25, -0.2) is 14.4 Å². The average Bonchev–Trinajstić information content (AvgIpc) is 3.28. The van der Waals surface area contributed by atoms with Gasteiger partial charge < -0.3 is 14.2 Å². The van der Waals surface area contributed by atoms with E-state index in [1.54, 1.807) is 54.6 Å². The highest BCUT2D eigenvalue weighted by Gasteiger charge is 2.26. The molecule has 0 saturated carbocycles. The number of hydrogen-bond acceptors (Lipinski definition) is 12. The molecule has 0 atom stereocenters. The Balaban J connectivity index is 1.14. The fourth-order valence-corrected chi connectivity index (χ4v) is 7.11. The molecule has 0 aliphatic heterocycles. The van der Waals surface area contributed by atoms with E-state index in [-0.39, 0.29) is 34.3 Å². The van der Waals surface area contributed by atoms with Gasteiger partial charge in [0, 0.05) is 16.2 Å². The van der Waals surface area contributed by atoms with E-state index in [1.807, 2.05) is 109 Å². The van der Waals surface area contributed by atoms with E-state index in [1.165, 1.54) is 0 Å². The van der Waals surface area contributed by atoms with Gasteiger partial charge in [-0.2, -0.15) is 15.0 Å². The highest BCUT2D eigenvalue weighted by Crippen LogP contribution is 2.37. The van der Waals surface area contributed by atoms with Crippen molar-refractivity contribution < 1.29 is 28.6 Å². The zero-order valence-corrected chi connectivity index (χ0v) is 35.5. The summed E-state index contributed by atoms with van der Waals surface area (Å²) >= 11 is 0. The maximum absolute atomic E-state index is 10.7. The predicted octanol–water partition coefficient (Wildman–Crippen LogP) is 12.1. The first-order valence-corrected chi connectivity index (χ1v) is 19.9. The molecule has 0 aliphatic rings. The lowest BCUT2D eigenvalue weighted by Crippen LogP contribution is -2.18. The van der Waals surface area contributed by atoms with Crippen LogP contribution >= 0.6 is 0 Å². The zero-order valence-electron chi connectivity index (χ0n) is 35.5. The molecule has 0 saturated heterocycles. The quantitative estimate of drug-likeness (QED) is 0.0725. The Morgan fingerprint density at radius 1 is 0.333 bits per heavy atom. The van der Waals surface area contributed by atoms with Crippen LogP contribution in [0.2, 0.25) is 0 Å². The molecule has 0 bridgehead atoms. The third-order valence-corrected chi connectivity index (χ3v) is 11.2. The summed E-state index contributed by atoms with van der Waals surface area (Å²) in [5.41, 5.74) is 6.68. The fourth-order valence-electron chi connectivity index (χ4n) is 7.11. The van der Waals surface area contributed by atoms with Crippen molar-refractivity contribution in [1.29, 1.82) is 0 Å². The Morgan fingerprint density at radius 3 is 0.714 bits per heavy atom. The lowest BCUT2D eigenvalue weighted by atomic mass is 9.78. The van der Waals surface area contributed by atoms with E-state index in [4.69, 9.17) is 14.2 Å². The van der Waals surface area contributed by atoms with E-state index < -0.39 is 0 Å². The first kappa shape index (κ1) is 43.0. The van der Waals surface area contributed by atoms with Crippen LogP contribution in [0.15, 0.2) is 161 Å². The molecule has 0 fully saturated rings. The molecular weight excluding hydrogens is 793 g/mol. The minimum atomic E-state index is -0.375. The molecule has 0 unspecified atom stereocenters. The van der Waals surface area contributed by atoms with Crippen LogP contribution in [0.3, 0.4) is 0 Å². The summed E-state index contributed by atoms with van der Waals surface area (Å²) in [5.74, 6) is 1.43. The molecule has 0 spiro atoms. The van der Waals surface area contributed by atoms with Gasteiger partial charge in [-0.3, -0.25) is 0 Å². The Morgan fingerprint density at radius 2 is 0.524 bits per heavy atom. The summed E-state index contributed by atoms with van der Waals surface area (Å²) < 4.78 is 18.6. The molecule has 0 radical (unpaired) electrons. The molecular formula is C51H42N6O6. The van der Waals surface area contributed by atoms with Gasteiger partial charge in [-0.05, 0) is 106 Å². The van der Waals surface area contributed by atoms with Gasteiger partial charge in [0.15, 0.2) is 0 Å². The molecule has 12 heteroatoms. The summed E-state index contributed by atoms with van der Waals surface area (Å²) in [4.78, 5) is 56.7. The normalized spacial score (nSPS) is 11.3. The number of rotatable bonds is 15. The molecule has 0 N–H and O–H groups in total. The highest BCUT2D eigenvalue weighted by atomic mass is 16.5. The lowest BCUT2D eigenvalue weighted by molar-refractivity contribution is 0.362. The van der Waals surface area contributed by atoms with Gasteiger partial charge >= 0.3 is 18.0 Å². The van der Waals surface area contributed by atoms with Gasteiger partial charge in [-0.15, -0.1) is 15.0 Å². The minimum Gasteiger partial charge on any atom is -0.424 e. The molecule has 1 heterocycles. The van der Waals surface area contributed by atoms with Gasteiger partial charge in [0.25, 0.3) is 0 Å². The zero-order chi connectivity index (χ0) is 44.6. The van der Waals surface area contributed by atoms with Crippen LogP contribution in [0.25, 0.3) is 0 Å². The van der Waals surface area contributed by atoms with Gasteiger partial charge in [0.2, 0.25) is 18.2 Å². The first-order chi connectivity index (χ1) is 30.3.